The summed E-state index contributed by atoms with van der Waals surface area (Å²) in [5.41, 5.74) is 0. The Labute approximate surface area is 129 Å². The molecule has 0 aromatic carbocycles. The van der Waals surface area contributed by atoms with Crippen LogP contribution in [0.4, 0.5) is 0 Å². The summed E-state index contributed by atoms with van der Waals surface area (Å²) >= 11 is 0. The fourth-order valence-corrected chi connectivity index (χ4v) is 2.28. The van der Waals surface area contributed by atoms with Gasteiger partial charge in [0.25, 0.3) is 0 Å². The van der Waals surface area contributed by atoms with E-state index in [4.69, 9.17) is 0 Å². The molecule has 118 valence electrons. The Morgan fingerprint density at radius 1 is 1.48 bits per heavy atom. The summed E-state index contributed by atoms with van der Waals surface area (Å²) in [6, 6.07) is -0.718. The summed E-state index contributed by atoms with van der Waals surface area (Å²) in [6.07, 6.45) is 3.08. The van der Waals surface area contributed by atoms with Crippen molar-refractivity contribution in [1.29, 1.82) is 0 Å². The van der Waals surface area contributed by atoms with Crippen LogP contribution in [0.1, 0.15) is 26.7 Å². The average molecular weight is 317 g/mol. The van der Waals surface area contributed by atoms with Gasteiger partial charge in [-0.05, 0) is 30.5 Å². The van der Waals surface area contributed by atoms with Crippen LogP contribution < -0.4 is 10.6 Å². The van der Waals surface area contributed by atoms with Gasteiger partial charge in [-0.1, -0.05) is 13.8 Å². The second-order valence-corrected chi connectivity index (χ2v) is 5.31. The lowest BCUT2D eigenvalue weighted by Crippen LogP contribution is -2.51. The summed E-state index contributed by atoms with van der Waals surface area (Å²) in [5.74, 6) is -0.221. The molecule has 1 aliphatic rings. The van der Waals surface area contributed by atoms with Gasteiger partial charge >= 0.3 is 0 Å². The molecule has 2 rings (SSSR count). The molecule has 2 heterocycles. The summed E-state index contributed by atoms with van der Waals surface area (Å²) < 4.78 is 0. The van der Waals surface area contributed by atoms with E-state index in [-0.39, 0.29) is 42.6 Å². The lowest BCUT2D eigenvalue weighted by Gasteiger charge is -2.22. The number of amides is 1. The minimum Gasteiger partial charge on any atom is -0.345 e. The number of carbonyl (C=O) groups excluding carboxylic acids is 2. The molecule has 1 aromatic rings. The molecule has 0 aliphatic carbocycles. The molecule has 0 radical (unpaired) electrons. The molecule has 1 aromatic heterocycles. The van der Waals surface area contributed by atoms with Gasteiger partial charge < -0.3 is 10.6 Å². The van der Waals surface area contributed by atoms with Gasteiger partial charge in [0.05, 0.1) is 12.1 Å². The molecule has 21 heavy (non-hydrogen) atoms. The Kier molecular flexibility index (Phi) is 6.70. The molecule has 0 saturated carbocycles. The number of Topliss-reactive ketones (excluding diaryl/α,β-unsaturated/α-hetero) is 1. The second-order valence-electron chi connectivity index (χ2n) is 5.31. The van der Waals surface area contributed by atoms with Gasteiger partial charge in [0.15, 0.2) is 12.1 Å². The molecule has 2 atom stereocenters. The second kappa shape index (κ2) is 8.04. The first-order valence-corrected chi connectivity index (χ1v) is 6.85. The number of nitrogens with one attached hydrogen (secondary N) is 2. The van der Waals surface area contributed by atoms with Gasteiger partial charge in [0.1, 0.15) is 6.54 Å². The van der Waals surface area contributed by atoms with Crippen LogP contribution >= 0.6 is 12.4 Å². The number of hydrogen-bond acceptors (Lipinski definition) is 6. The van der Waals surface area contributed by atoms with E-state index in [1.165, 1.54) is 11.1 Å². The maximum absolute atomic E-state index is 12.2. The third-order valence-electron chi connectivity index (χ3n) is 3.38. The van der Waals surface area contributed by atoms with E-state index in [0.717, 1.165) is 19.4 Å². The topological polar surface area (TPSA) is 102 Å². The van der Waals surface area contributed by atoms with Crippen LogP contribution in [0.5, 0.6) is 0 Å². The largest absolute Gasteiger partial charge is 0.345 e. The standard InChI is InChI=1S/C12H20N6O2.ClH/c1-8(2)11(10(19)6-18-15-7-14-17-18)16-12(20)9-4-3-5-13-9;/h7-9,11,13H,3-6H2,1-2H3,(H,16,20);1H/t9-,11?;/m0./s1. The number of tetrazole rings is 1. The monoisotopic (exact) mass is 316 g/mol. The van der Waals surface area contributed by atoms with Gasteiger partial charge in [-0.15, -0.1) is 22.6 Å². The SMILES string of the molecule is CC(C)C(NC(=O)[C@@H]1CCCN1)C(=O)Cn1ncnn1.Cl. The zero-order valence-electron chi connectivity index (χ0n) is 12.2. The normalized spacial score (nSPS) is 19.1. The molecule has 1 amide bonds. The fourth-order valence-electron chi connectivity index (χ4n) is 2.28. The number of nitrogens with zero attached hydrogens (tertiary/aromatic N) is 4. The van der Waals surface area contributed by atoms with Crippen molar-refractivity contribution in [1.82, 2.24) is 30.8 Å². The highest BCUT2D eigenvalue weighted by Gasteiger charge is 2.29. The average Bonchev–Trinajstić information content (AvgIpc) is 3.07. The molecule has 0 spiro atoms. The zero-order chi connectivity index (χ0) is 14.5. The molecule has 2 N–H and O–H groups in total. The molecule has 1 fully saturated rings. The maximum Gasteiger partial charge on any atom is 0.237 e. The van der Waals surface area contributed by atoms with Crippen molar-refractivity contribution in [3.63, 3.8) is 0 Å². The molecule has 1 saturated heterocycles. The van der Waals surface area contributed by atoms with E-state index in [9.17, 15) is 9.59 Å². The van der Waals surface area contributed by atoms with E-state index in [1.54, 1.807) is 0 Å². The van der Waals surface area contributed by atoms with Crippen LogP contribution in [0.25, 0.3) is 0 Å². The summed E-state index contributed by atoms with van der Waals surface area (Å²) in [6.45, 7) is 4.67. The minimum atomic E-state index is -0.532. The molecule has 1 aliphatic heterocycles. The van der Waals surface area contributed by atoms with E-state index in [2.05, 4.69) is 26.0 Å². The first-order valence-electron chi connectivity index (χ1n) is 6.85. The van der Waals surface area contributed by atoms with Crippen molar-refractivity contribution >= 4 is 24.1 Å². The third kappa shape index (κ3) is 4.75. The number of aromatic nitrogens is 4. The van der Waals surface area contributed by atoms with Gasteiger partial charge in [0.2, 0.25) is 5.91 Å². The Morgan fingerprint density at radius 3 is 2.76 bits per heavy atom. The minimum absolute atomic E-state index is 0. The Balaban J connectivity index is 0.00000220. The van der Waals surface area contributed by atoms with E-state index in [0.29, 0.717) is 0 Å². The van der Waals surface area contributed by atoms with E-state index in [1.807, 2.05) is 13.8 Å². The number of carbonyl (C=O) groups is 2. The molecule has 0 bridgehead atoms. The van der Waals surface area contributed by atoms with Crippen LogP contribution in [0, 0.1) is 5.92 Å². The van der Waals surface area contributed by atoms with Gasteiger partial charge in [-0.25, -0.2) is 0 Å². The molecule has 1 unspecified atom stereocenters. The first-order chi connectivity index (χ1) is 9.58. The van der Waals surface area contributed by atoms with Crippen LogP contribution in [0.15, 0.2) is 6.33 Å². The van der Waals surface area contributed by atoms with E-state index >= 15 is 0 Å². The first kappa shape index (κ1) is 17.5. The van der Waals surface area contributed by atoms with Crippen molar-refractivity contribution in [2.24, 2.45) is 5.92 Å². The van der Waals surface area contributed by atoms with E-state index < -0.39 is 6.04 Å². The van der Waals surface area contributed by atoms with Gasteiger partial charge in [-0.3, -0.25) is 9.59 Å². The number of halogens is 1. The highest BCUT2D eigenvalue weighted by Crippen LogP contribution is 2.08. The quantitative estimate of drug-likeness (QED) is 0.737. The third-order valence-corrected chi connectivity index (χ3v) is 3.38. The zero-order valence-corrected chi connectivity index (χ0v) is 13.0. The predicted octanol–water partition coefficient (Wildman–Crippen LogP) is -0.443. The van der Waals surface area contributed by atoms with Crippen molar-refractivity contribution in [3.05, 3.63) is 6.33 Å². The Bertz CT molecular complexity index is 458. The fraction of sp³-hybridized carbons (Fsp3) is 0.750. The Hall–Kier alpha value is -1.54. The van der Waals surface area contributed by atoms with Crippen LogP contribution in [-0.4, -0.2) is 50.5 Å². The highest BCUT2D eigenvalue weighted by molar-refractivity contribution is 5.91. The molecule has 8 nitrogen and oxygen atoms in total. The smallest absolute Gasteiger partial charge is 0.237 e. The number of ketones is 1. The lowest BCUT2D eigenvalue weighted by molar-refractivity contribution is -0.130. The van der Waals surface area contributed by atoms with Crippen molar-refractivity contribution in [2.45, 2.75) is 45.3 Å². The molecule has 9 heteroatoms. The molecular weight excluding hydrogens is 296 g/mol. The van der Waals surface area contributed by atoms with Crippen LogP contribution in [0.3, 0.4) is 0 Å². The summed E-state index contributed by atoms with van der Waals surface area (Å²) in [5, 5.41) is 17.0. The molecular formula is C12H21ClN6O2. The summed E-state index contributed by atoms with van der Waals surface area (Å²) in [7, 11) is 0. The van der Waals surface area contributed by atoms with Crippen LogP contribution in [0.2, 0.25) is 0 Å². The predicted molar refractivity (Wildman–Crippen MR) is 77.9 cm³/mol. The number of rotatable bonds is 6. The highest BCUT2D eigenvalue weighted by atomic mass is 35.5. The number of hydrogen-bond donors (Lipinski definition) is 2. The van der Waals surface area contributed by atoms with Gasteiger partial charge in [-0.2, -0.15) is 4.80 Å². The van der Waals surface area contributed by atoms with Crippen molar-refractivity contribution < 1.29 is 9.59 Å². The van der Waals surface area contributed by atoms with Crippen molar-refractivity contribution in [2.75, 3.05) is 6.54 Å². The Morgan fingerprint density at radius 2 is 2.24 bits per heavy atom. The van der Waals surface area contributed by atoms with Crippen LogP contribution in [-0.2, 0) is 16.1 Å². The van der Waals surface area contributed by atoms with Gasteiger partial charge in [0, 0.05) is 0 Å². The lowest BCUT2D eigenvalue weighted by atomic mass is 9.99. The maximum atomic E-state index is 12.2. The van der Waals surface area contributed by atoms with Crippen molar-refractivity contribution in [3.8, 4) is 0 Å². The summed E-state index contributed by atoms with van der Waals surface area (Å²) in [4.78, 5) is 25.5.